The van der Waals surface area contributed by atoms with Crippen molar-refractivity contribution in [3.8, 4) is 0 Å². The van der Waals surface area contributed by atoms with Gasteiger partial charge in [0.05, 0.1) is 29.4 Å². The van der Waals surface area contributed by atoms with Crippen LogP contribution >= 0.6 is 0 Å². The molecule has 1 fully saturated rings. The Kier molecular flexibility index (Phi) is 4.91. The van der Waals surface area contributed by atoms with Crippen LogP contribution < -0.4 is 9.62 Å². The highest BCUT2D eigenvalue weighted by molar-refractivity contribution is 7.92. The fourth-order valence-electron chi connectivity index (χ4n) is 2.65. The summed E-state index contributed by atoms with van der Waals surface area (Å²) >= 11 is 0. The number of hydrogen-bond donors (Lipinski definition) is 2. The molecule has 2 aromatic carbocycles. The molecule has 1 heterocycles. The first-order chi connectivity index (χ1) is 12.0. The van der Waals surface area contributed by atoms with Crippen LogP contribution in [0, 0.1) is 0 Å². The van der Waals surface area contributed by atoms with Crippen molar-refractivity contribution < 1.29 is 23.1 Å². The van der Waals surface area contributed by atoms with Gasteiger partial charge in [0.15, 0.2) is 0 Å². The predicted octanol–water partition coefficient (Wildman–Crippen LogP) is 2.02. The van der Waals surface area contributed by atoms with E-state index in [0.29, 0.717) is 37.7 Å². The Morgan fingerprint density at radius 2 is 1.76 bits per heavy atom. The standard InChI is InChI=1S/C17H18N2O5S/c20-17(21)15-12-14(6-7-16(15)19-8-10-24-11-9-19)25(22,23)18-13-4-2-1-3-5-13/h1-7,12,18H,8-11H2,(H,20,21). The number of hydrogen-bond acceptors (Lipinski definition) is 5. The van der Waals surface area contributed by atoms with Crippen molar-refractivity contribution in [2.45, 2.75) is 4.90 Å². The third kappa shape index (κ3) is 3.92. The van der Waals surface area contributed by atoms with Gasteiger partial charge in [-0.25, -0.2) is 13.2 Å². The highest BCUT2D eigenvalue weighted by Crippen LogP contribution is 2.26. The SMILES string of the molecule is O=C(O)c1cc(S(=O)(=O)Nc2ccccc2)ccc1N1CCOCC1. The maximum Gasteiger partial charge on any atom is 0.337 e. The summed E-state index contributed by atoms with van der Waals surface area (Å²) in [7, 11) is -3.87. The minimum Gasteiger partial charge on any atom is -0.478 e. The molecule has 7 nitrogen and oxygen atoms in total. The fraction of sp³-hybridized carbons (Fsp3) is 0.235. The van der Waals surface area contributed by atoms with Crippen LogP contribution in [0.5, 0.6) is 0 Å². The molecule has 0 spiro atoms. The molecule has 1 saturated heterocycles. The molecule has 0 unspecified atom stereocenters. The van der Waals surface area contributed by atoms with Gasteiger partial charge >= 0.3 is 5.97 Å². The first kappa shape index (κ1) is 17.2. The van der Waals surface area contributed by atoms with Crippen LogP contribution in [0.2, 0.25) is 0 Å². The Morgan fingerprint density at radius 3 is 2.40 bits per heavy atom. The van der Waals surface area contributed by atoms with Crippen molar-refractivity contribution in [3.05, 3.63) is 54.1 Å². The van der Waals surface area contributed by atoms with Crippen LogP contribution in [0.3, 0.4) is 0 Å². The van der Waals surface area contributed by atoms with E-state index < -0.39 is 16.0 Å². The highest BCUT2D eigenvalue weighted by Gasteiger charge is 2.22. The molecule has 0 saturated carbocycles. The first-order valence-corrected chi connectivity index (χ1v) is 9.23. The van der Waals surface area contributed by atoms with Crippen molar-refractivity contribution in [2.75, 3.05) is 35.9 Å². The van der Waals surface area contributed by atoms with Gasteiger partial charge in [-0.05, 0) is 30.3 Å². The second-order valence-electron chi connectivity index (χ2n) is 5.56. The number of carboxylic acids is 1. The molecule has 0 aliphatic carbocycles. The van der Waals surface area contributed by atoms with Crippen LogP contribution in [-0.4, -0.2) is 45.8 Å². The molecule has 1 aliphatic heterocycles. The summed E-state index contributed by atoms with van der Waals surface area (Å²) in [5.41, 5.74) is 0.865. The van der Waals surface area contributed by atoms with E-state index in [2.05, 4.69) is 4.72 Å². The zero-order chi connectivity index (χ0) is 17.9. The van der Waals surface area contributed by atoms with Crippen LogP contribution in [-0.2, 0) is 14.8 Å². The van der Waals surface area contributed by atoms with Gasteiger partial charge in [0.2, 0.25) is 0 Å². The molecule has 2 aromatic rings. The largest absolute Gasteiger partial charge is 0.478 e. The number of aromatic carboxylic acids is 1. The second kappa shape index (κ2) is 7.12. The lowest BCUT2D eigenvalue weighted by molar-refractivity contribution is 0.0696. The zero-order valence-corrected chi connectivity index (χ0v) is 14.2. The third-order valence-electron chi connectivity index (χ3n) is 3.89. The van der Waals surface area contributed by atoms with E-state index in [1.54, 1.807) is 30.3 Å². The molecule has 0 amide bonds. The quantitative estimate of drug-likeness (QED) is 0.845. The number of benzene rings is 2. The maximum atomic E-state index is 12.5. The minimum atomic E-state index is -3.87. The van der Waals surface area contributed by atoms with E-state index >= 15 is 0 Å². The van der Waals surface area contributed by atoms with Gasteiger partial charge in [-0.1, -0.05) is 18.2 Å². The van der Waals surface area contributed by atoms with Crippen molar-refractivity contribution >= 4 is 27.4 Å². The van der Waals surface area contributed by atoms with Crippen molar-refractivity contribution in [2.24, 2.45) is 0 Å². The Hall–Kier alpha value is -2.58. The summed E-state index contributed by atoms with van der Waals surface area (Å²) in [6.45, 7) is 2.15. The van der Waals surface area contributed by atoms with Crippen LogP contribution in [0.25, 0.3) is 0 Å². The molecule has 1 aliphatic rings. The Balaban J connectivity index is 1.94. The molecule has 25 heavy (non-hydrogen) atoms. The number of anilines is 2. The Morgan fingerprint density at radius 1 is 1.08 bits per heavy atom. The van der Waals surface area contributed by atoms with Gasteiger partial charge in [0.1, 0.15) is 0 Å². The molecule has 0 bridgehead atoms. The highest BCUT2D eigenvalue weighted by atomic mass is 32.2. The van der Waals surface area contributed by atoms with Gasteiger partial charge in [0, 0.05) is 18.8 Å². The summed E-state index contributed by atoms with van der Waals surface area (Å²) < 4.78 is 32.8. The third-order valence-corrected chi connectivity index (χ3v) is 5.27. The van der Waals surface area contributed by atoms with Crippen LogP contribution in [0.1, 0.15) is 10.4 Å². The molecular formula is C17H18N2O5S. The molecule has 0 radical (unpaired) electrons. The smallest absolute Gasteiger partial charge is 0.337 e. The summed E-state index contributed by atoms with van der Waals surface area (Å²) in [6.07, 6.45) is 0. The van der Waals surface area contributed by atoms with Crippen molar-refractivity contribution in [1.29, 1.82) is 0 Å². The number of sulfonamides is 1. The number of morpholine rings is 1. The Labute approximate surface area is 145 Å². The van der Waals surface area contributed by atoms with E-state index in [9.17, 15) is 18.3 Å². The van der Waals surface area contributed by atoms with Gasteiger partial charge < -0.3 is 14.7 Å². The van der Waals surface area contributed by atoms with E-state index in [1.165, 1.54) is 18.2 Å². The van der Waals surface area contributed by atoms with Crippen LogP contribution in [0.15, 0.2) is 53.4 Å². The monoisotopic (exact) mass is 362 g/mol. The number of nitrogens with zero attached hydrogens (tertiary/aromatic N) is 1. The van der Waals surface area contributed by atoms with E-state index in [-0.39, 0.29) is 10.5 Å². The van der Waals surface area contributed by atoms with Crippen LogP contribution in [0.4, 0.5) is 11.4 Å². The summed E-state index contributed by atoms with van der Waals surface area (Å²) in [5, 5.41) is 9.50. The molecule has 3 rings (SSSR count). The number of rotatable bonds is 5. The van der Waals surface area contributed by atoms with Crippen molar-refractivity contribution in [3.63, 3.8) is 0 Å². The normalized spacial score (nSPS) is 15.0. The lowest BCUT2D eigenvalue weighted by atomic mass is 10.1. The maximum absolute atomic E-state index is 12.5. The lowest BCUT2D eigenvalue weighted by Crippen LogP contribution is -2.37. The second-order valence-corrected chi connectivity index (χ2v) is 7.24. The average Bonchev–Trinajstić information content (AvgIpc) is 2.62. The predicted molar refractivity (Wildman–Crippen MR) is 93.7 cm³/mol. The number of carboxylic acid groups (broad SMARTS) is 1. The topological polar surface area (TPSA) is 95.9 Å². The molecule has 0 atom stereocenters. The van der Waals surface area contributed by atoms with Gasteiger partial charge in [0.25, 0.3) is 10.0 Å². The Bertz CT molecular complexity index is 862. The molecule has 8 heteroatoms. The number of ether oxygens (including phenoxy) is 1. The number of para-hydroxylation sites is 1. The number of carbonyl (C=O) groups is 1. The zero-order valence-electron chi connectivity index (χ0n) is 13.4. The molecular weight excluding hydrogens is 344 g/mol. The molecule has 132 valence electrons. The summed E-state index contributed by atoms with van der Waals surface area (Å²) in [4.78, 5) is 13.4. The molecule has 2 N–H and O–H groups in total. The summed E-state index contributed by atoms with van der Waals surface area (Å²) in [5.74, 6) is -1.17. The summed E-state index contributed by atoms with van der Waals surface area (Å²) in [6, 6.07) is 12.6. The van der Waals surface area contributed by atoms with Crippen molar-refractivity contribution in [1.82, 2.24) is 0 Å². The fourth-order valence-corrected chi connectivity index (χ4v) is 3.74. The van der Waals surface area contributed by atoms with E-state index in [1.807, 2.05) is 4.90 Å². The average molecular weight is 362 g/mol. The van der Waals surface area contributed by atoms with Gasteiger partial charge in [-0.3, -0.25) is 4.72 Å². The van der Waals surface area contributed by atoms with Gasteiger partial charge in [-0.2, -0.15) is 0 Å². The lowest BCUT2D eigenvalue weighted by Gasteiger charge is -2.30. The van der Waals surface area contributed by atoms with Gasteiger partial charge in [-0.15, -0.1) is 0 Å². The van der Waals surface area contributed by atoms with E-state index in [0.717, 1.165) is 0 Å². The minimum absolute atomic E-state index is 0.0437. The van der Waals surface area contributed by atoms with E-state index in [4.69, 9.17) is 4.74 Å². The molecule has 0 aromatic heterocycles. The first-order valence-electron chi connectivity index (χ1n) is 7.75. The number of nitrogens with one attached hydrogen (secondary N) is 1.